The molecule has 0 radical (unpaired) electrons. The maximum Gasteiger partial charge on any atom is 0.319 e. The Kier molecular flexibility index (Phi) is 6.75. The number of amides is 1. The van der Waals surface area contributed by atoms with Crippen molar-refractivity contribution in [2.75, 3.05) is 14.2 Å². The van der Waals surface area contributed by atoms with Crippen molar-refractivity contribution in [1.82, 2.24) is 19.4 Å². The van der Waals surface area contributed by atoms with E-state index in [1.54, 1.807) is 24.4 Å². The number of allylic oxidation sites excluding steroid dienone is 4. The average molecular weight is 557 g/mol. The van der Waals surface area contributed by atoms with Crippen molar-refractivity contribution in [3.63, 3.8) is 0 Å². The monoisotopic (exact) mass is 556 g/mol. The molecule has 0 N–H and O–H groups in total. The minimum atomic E-state index is -0.830. The molecule has 38 heavy (non-hydrogen) atoms. The Hall–Kier alpha value is -3.69. The van der Waals surface area contributed by atoms with Crippen LogP contribution in [0.15, 0.2) is 53.3 Å². The molecule has 3 aromatic rings. The summed E-state index contributed by atoms with van der Waals surface area (Å²) in [6.07, 6.45) is 4.67. The summed E-state index contributed by atoms with van der Waals surface area (Å²) in [4.78, 5) is 36.9. The molecular formula is C27H23Cl2FN4O4. The largest absolute Gasteiger partial charge is 0.480 e. The fraction of sp³-hybridized carbons (Fsp3) is 0.259. The van der Waals surface area contributed by atoms with Crippen molar-refractivity contribution in [2.24, 2.45) is 0 Å². The summed E-state index contributed by atoms with van der Waals surface area (Å²) in [6.45, 7) is 3.91. The highest BCUT2D eigenvalue weighted by Gasteiger charge is 2.46. The lowest BCUT2D eigenvalue weighted by atomic mass is 10.0. The predicted octanol–water partition coefficient (Wildman–Crippen LogP) is 5.86. The number of Topliss-reactive ketones (excluding diaryl/α,β-unsaturated/α-hetero) is 1. The topological polar surface area (TPSA) is 86.6 Å². The molecule has 5 rings (SSSR count). The van der Waals surface area contributed by atoms with Crippen molar-refractivity contribution in [3.8, 4) is 23.1 Å². The first-order chi connectivity index (χ1) is 18.2. The van der Waals surface area contributed by atoms with Gasteiger partial charge in [-0.25, -0.2) is 9.37 Å². The molecule has 8 nitrogen and oxygen atoms in total. The third-order valence-electron chi connectivity index (χ3n) is 6.50. The van der Waals surface area contributed by atoms with Crippen molar-refractivity contribution >= 4 is 34.9 Å². The molecule has 1 atom stereocenters. The minimum Gasteiger partial charge on any atom is -0.480 e. The maximum absolute atomic E-state index is 14.7. The van der Waals surface area contributed by atoms with Gasteiger partial charge in [0, 0.05) is 23.7 Å². The normalized spacial score (nSPS) is 17.1. The molecule has 0 bridgehead atoms. The molecule has 3 heterocycles. The molecule has 1 unspecified atom stereocenters. The summed E-state index contributed by atoms with van der Waals surface area (Å²) in [7, 11) is 2.93. The predicted molar refractivity (Wildman–Crippen MR) is 140 cm³/mol. The second kappa shape index (κ2) is 9.89. The van der Waals surface area contributed by atoms with Crippen LogP contribution in [0.4, 0.5) is 4.39 Å². The van der Waals surface area contributed by atoms with Crippen LogP contribution < -0.4 is 9.47 Å². The van der Waals surface area contributed by atoms with Crippen molar-refractivity contribution in [3.05, 3.63) is 81.0 Å². The number of hydrogen-bond acceptors (Lipinski definition) is 6. The molecule has 0 spiro atoms. The van der Waals surface area contributed by atoms with Gasteiger partial charge in [-0.05, 0) is 43.7 Å². The van der Waals surface area contributed by atoms with Gasteiger partial charge in [0.05, 0.1) is 47.5 Å². The number of benzene rings is 1. The lowest BCUT2D eigenvalue weighted by Crippen LogP contribution is -2.33. The lowest BCUT2D eigenvalue weighted by molar-refractivity contribution is -0.116. The van der Waals surface area contributed by atoms with Gasteiger partial charge >= 0.3 is 6.01 Å². The van der Waals surface area contributed by atoms with Crippen LogP contribution in [0.2, 0.25) is 5.02 Å². The van der Waals surface area contributed by atoms with Gasteiger partial charge in [0.1, 0.15) is 11.9 Å². The van der Waals surface area contributed by atoms with E-state index in [2.05, 4.69) is 9.97 Å². The molecular weight excluding hydrogens is 534 g/mol. The van der Waals surface area contributed by atoms with Crippen molar-refractivity contribution < 1.29 is 23.5 Å². The molecule has 0 saturated heterocycles. The number of methoxy groups -OCH3 is 2. The van der Waals surface area contributed by atoms with Gasteiger partial charge in [-0.1, -0.05) is 35.3 Å². The summed E-state index contributed by atoms with van der Waals surface area (Å²) in [5.41, 5.74) is 2.68. The molecule has 11 heteroatoms. The Morgan fingerprint density at radius 1 is 1.11 bits per heavy atom. The van der Waals surface area contributed by atoms with E-state index in [1.165, 1.54) is 37.3 Å². The number of carbonyl (C=O) groups excluding carboxylic acids is 2. The van der Waals surface area contributed by atoms with E-state index in [0.29, 0.717) is 33.1 Å². The number of fused-ring (bicyclic) bond motifs is 1. The number of rotatable bonds is 6. The first-order valence-corrected chi connectivity index (χ1v) is 12.5. The Bertz CT molecular complexity index is 1550. The molecule has 2 aromatic heterocycles. The summed E-state index contributed by atoms with van der Waals surface area (Å²) in [6, 6.07) is 5.21. The van der Waals surface area contributed by atoms with Gasteiger partial charge in [0.2, 0.25) is 5.88 Å². The average Bonchev–Trinajstić information content (AvgIpc) is 3.41. The Labute approximate surface area is 228 Å². The molecule has 1 aliphatic heterocycles. The number of carbonyl (C=O) groups is 2. The van der Waals surface area contributed by atoms with E-state index in [4.69, 9.17) is 32.7 Å². The number of ketones is 1. The summed E-state index contributed by atoms with van der Waals surface area (Å²) in [5, 5.41) is 0.293. The summed E-state index contributed by atoms with van der Waals surface area (Å²) < 4.78 is 27.3. The van der Waals surface area contributed by atoms with E-state index in [1.807, 2.05) is 18.4 Å². The molecule has 0 saturated carbocycles. The van der Waals surface area contributed by atoms with Crippen LogP contribution in [0.3, 0.4) is 0 Å². The van der Waals surface area contributed by atoms with Crippen LogP contribution >= 0.6 is 23.2 Å². The van der Waals surface area contributed by atoms with E-state index >= 15 is 0 Å². The van der Waals surface area contributed by atoms with Gasteiger partial charge in [-0.3, -0.25) is 14.5 Å². The van der Waals surface area contributed by atoms with E-state index in [-0.39, 0.29) is 40.9 Å². The van der Waals surface area contributed by atoms with Crippen LogP contribution in [-0.2, 0) is 4.79 Å². The van der Waals surface area contributed by atoms with E-state index in [0.717, 1.165) is 0 Å². The van der Waals surface area contributed by atoms with Gasteiger partial charge in [-0.15, -0.1) is 0 Å². The van der Waals surface area contributed by atoms with Crippen LogP contribution in [0.25, 0.3) is 11.3 Å². The number of aromatic nitrogens is 3. The maximum atomic E-state index is 14.7. The highest BCUT2D eigenvalue weighted by molar-refractivity contribution is 6.32. The zero-order valence-electron chi connectivity index (χ0n) is 21.0. The minimum absolute atomic E-state index is 0.0518. The lowest BCUT2D eigenvalue weighted by Gasteiger charge is -2.31. The molecule has 1 aromatic carbocycles. The zero-order chi connectivity index (χ0) is 27.3. The van der Waals surface area contributed by atoms with Gasteiger partial charge in [-0.2, -0.15) is 4.98 Å². The number of halogens is 3. The van der Waals surface area contributed by atoms with Crippen LogP contribution in [0, 0.1) is 5.82 Å². The molecule has 0 fully saturated rings. The van der Waals surface area contributed by atoms with Crippen LogP contribution in [-0.4, -0.2) is 45.3 Å². The fourth-order valence-electron chi connectivity index (χ4n) is 4.91. The van der Waals surface area contributed by atoms with Gasteiger partial charge in [0.15, 0.2) is 5.78 Å². The zero-order valence-corrected chi connectivity index (χ0v) is 22.5. The number of hydrogen-bond donors (Lipinski definition) is 0. The first kappa shape index (κ1) is 25.9. The smallest absolute Gasteiger partial charge is 0.319 e. The Morgan fingerprint density at radius 3 is 2.53 bits per heavy atom. The first-order valence-electron chi connectivity index (χ1n) is 11.8. The summed E-state index contributed by atoms with van der Waals surface area (Å²) >= 11 is 12.2. The third-order valence-corrected chi connectivity index (χ3v) is 7.07. The highest BCUT2D eigenvalue weighted by Crippen LogP contribution is 2.47. The molecule has 1 aliphatic carbocycles. The molecule has 196 valence electrons. The van der Waals surface area contributed by atoms with E-state index in [9.17, 15) is 14.0 Å². The highest BCUT2D eigenvalue weighted by atomic mass is 35.5. The van der Waals surface area contributed by atoms with Crippen LogP contribution in [0.5, 0.6) is 11.9 Å². The van der Waals surface area contributed by atoms with Gasteiger partial charge < -0.3 is 14.0 Å². The van der Waals surface area contributed by atoms with E-state index < -0.39 is 17.8 Å². The van der Waals surface area contributed by atoms with Gasteiger partial charge in [0.25, 0.3) is 5.91 Å². The second-order valence-electron chi connectivity index (χ2n) is 9.07. The third kappa shape index (κ3) is 4.16. The number of ether oxygens (including phenoxy) is 2. The standard InChI is InChI=1S/C27H23Cl2FN4O4/c1-13(2)33-20(17-12-31-27(38-4)32-25(17)37-3)11-16-24(33)23(14-5-7-18(29)19(30)9-14)34(26(16)36)21-10-15(28)6-8-22(21)35/h5-7,9-13,23H,8H2,1-4H3. The van der Waals surface area contributed by atoms with Crippen LogP contribution in [0.1, 0.15) is 54.0 Å². The van der Waals surface area contributed by atoms with Crippen molar-refractivity contribution in [2.45, 2.75) is 32.4 Å². The number of nitrogens with zero attached hydrogens (tertiary/aromatic N) is 4. The summed E-state index contributed by atoms with van der Waals surface area (Å²) in [5.74, 6) is -1.07. The SMILES string of the molecule is COc1ncc(-c2cc3c(n2C(C)C)C(c2ccc(Cl)c(F)c2)N(C2=CC(Cl)=CCC2=O)C3=O)c(OC)n1. The Morgan fingerprint density at radius 2 is 1.87 bits per heavy atom. The van der Waals surface area contributed by atoms with Crippen molar-refractivity contribution in [1.29, 1.82) is 0 Å². The molecule has 1 amide bonds. The quantitative estimate of drug-likeness (QED) is 0.378. The Balaban J connectivity index is 1.79. The fourth-order valence-corrected chi connectivity index (χ4v) is 5.21. The second-order valence-corrected chi connectivity index (χ2v) is 9.91. The molecule has 2 aliphatic rings.